The van der Waals surface area contributed by atoms with Gasteiger partial charge in [0.05, 0.1) is 4.90 Å². The molecule has 0 atom stereocenters. The molecule has 8 heteroatoms. The van der Waals surface area contributed by atoms with Crippen molar-refractivity contribution in [3.05, 3.63) is 16.3 Å². The molecule has 116 valence electrons. The lowest BCUT2D eigenvalue weighted by Crippen LogP contribution is -2.45. The lowest BCUT2D eigenvalue weighted by molar-refractivity contribution is 0.0702. The van der Waals surface area contributed by atoms with E-state index in [-0.39, 0.29) is 15.8 Å². The third-order valence-electron chi connectivity index (χ3n) is 4.01. The molecule has 2 fully saturated rings. The lowest BCUT2D eigenvalue weighted by Gasteiger charge is -2.32. The first kappa shape index (κ1) is 15.0. The van der Waals surface area contributed by atoms with Gasteiger partial charge in [-0.1, -0.05) is 0 Å². The number of thiophene rings is 1. The summed E-state index contributed by atoms with van der Waals surface area (Å²) < 4.78 is 27.2. The standard InChI is InChI=1S/C13H18N2O4S2/c16-13(17)12-7-11(8-20-12)21(18,19)14-9-3-5-15(6-4-9)10-1-2-10/h7-10,14H,1-6H2,(H,16,17). The molecule has 0 amide bonds. The number of carbonyl (C=O) groups is 1. The van der Waals surface area contributed by atoms with Gasteiger partial charge in [-0.05, 0) is 44.8 Å². The summed E-state index contributed by atoms with van der Waals surface area (Å²) in [6.45, 7) is 1.86. The molecule has 1 aromatic heterocycles. The Morgan fingerprint density at radius 3 is 2.48 bits per heavy atom. The van der Waals surface area contributed by atoms with Gasteiger partial charge in [0.2, 0.25) is 10.0 Å². The topological polar surface area (TPSA) is 86.7 Å². The Labute approximate surface area is 127 Å². The van der Waals surface area contributed by atoms with E-state index in [2.05, 4.69) is 9.62 Å². The van der Waals surface area contributed by atoms with Crippen LogP contribution in [-0.4, -0.2) is 49.6 Å². The molecule has 1 saturated heterocycles. The van der Waals surface area contributed by atoms with Crippen molar-refractivity contribution in [3.63, 3.8) is 0 Å². The van der Waals surface area contributed by atoms with Crippen LogP contribution >= 0.6 is 11.3 Å². The average Bonchev–Trinajstić information content (AvgIpc) is 3.14. The predicted molar refractivity (Wildman–Crippen MR) is 79.2 cm³/mol. The highest BCUT2D eigenvalue weighted by atomic mass is 32.2. The maximum atomic E-state index is 12.3. The van der Waals surface area contributed by atoms with E-state index in [1.807, 2.05) is 0 Å². The third kappa shape index (κ3) is 3.45. The fourth-order valence-electron chi connectivity index (χ4n) is 2.68. The first-order chi connectivity index (χ1) is 9.95. The molecule has 0 spiro atoms. The summed E-state index contributed by atoms with van der Waals surface area (Å²) in [5.41, 5.74) is 0. The number of piperidine rings is 1. The molecule has 0 aromatic carbocycles. The molecule has 21 heavy (non-hydrogen) atoms. The molecule has 0 radical (unpaired) electrons. The summed E-state index contributed by atoms with van der Waals surface area (Å²) in [5, 5.41) is 10.2. The fraction of sp³-hybridized carbons (Fsp3) is 0.615. The molecule has 3 rings (SSSR count). The minimum atomic E-state index is -3.62. The van der Waals surface area contributed by atoms with Crippen LogP contribution in [0.3, 0.4) is 0 Å². The van der Waals surface area contributed by atoms with Gasteiger partial charge in [-0.2, -0.15) is 0 Å². The largest absolute Gasteiger partial charge is 0.477 e. The Kier molecular flexibility index (Phi) is 4.04. The predicted octanol–water partition coefficient (Wildman–Crippen LogP) is 1.35. The summed E-state index contributed by atoms with van der Waals surface area (Å²) in [7, 11) is -3.62. The number of nitrogens with zero attached hydrogens (tertiary/aromatic N) is 1. The number of carboxylic acids is 1. The van der Waals surface area contributed by atoms with Crippen LogP contribution in [0.15, 0.2) is 16.3 Å². The van der Waals surface area contributed by atoms with Crippen LogP contribution in [0.5, 0.6) is 0 Å². The van der Waals surface area contributed by atoms with Gasteiger partial charge in [-0.3, -0.25) is 0 Å². The molecular weight excluding hydrogens is 312 g/mol. The number of aromatic carboxylic acids is 1. The Balaban J connectivity index is 1.61. The molecular formula is C13H18N2O4S2. The second-order valence-corrected chi connectivity index (χ2v) is 8.24. The maximum absolute atomic E-state index is 12.3. The van der Waals surface area contributed by atoms with Gasteiger partial charge in [-0.25, -0.2) is 17.9 Å². The zero-order valence-electron chi connectivity index (χ0n) is 11.5. The first-order valence-corrected chi connectivity index (χ1v) is 9.40. The molecule has 2 N–H and O–H groups in total. The van der Waals surface area contributed by atoms with E-state index in [0.29, 0.717) is 0 Å². The number of carboxylic acid groups (broad SMARTS) is 1. The molecule has 2 aliphatic rings. The minimum Gasteiger partial charge on any atom is -0.477 e. The van der Waals surface area contributed by atoms with Crippen LogP contribution < -0.4 is 4.72 Å². The highest BCUT2D eigenvalue weighted by molar-refractivity contribution is 7.89. The number of likely N-dealkylation sites (tertiary alicyclic amines) is 1. The molecule has 1 aliphatic carbocycles. The van der Waals surface area contributed by atoms with E-state index >= 15 is 0 Å². The Bertz CT molecular complexity index is 628. The summed E-state index contributed by atoms with van der Waals surface area (Å²) in [6.07, 6.45) is 4.16. The van der Waals surface area contributed by atoms with Crippen LogP contribution in [0.1, 0.15) is 35.4 Å². The summed E-state index contributed by atoms with van der Waals surface area (Å²) in [4.78, 5) is 13.3. The van der Waals surface area contributed by atoms with Gasteiger partial charge in [0.25, 0.3) is 0 Å². The van der Waals surface area contributed by atoms with Crippen molar-refractivity contribution in [1.82, 2.24) is 9.62 Å². The minimum absolute atomic E-state index is 0.0407. The summed E-state index contributed by atoms with van der Waals surface area (Å²) in [5.74, 6) is -1.10. The Morgan fingerprint density at radius 2 is 1.95 bits per heavy atom. The highest BCUT2D eigenvalue weighted by Crippen LogP contribution is 2.29. The van der Waals surface area contributed by atoms with Gasteiger partial charge in [0.1, 0.15) is 4.88 Å². The number of hydrogen-bond acceptors (Lipinski definition) is 5. The van der Waals surface area contributed by atoms with Crippen molar-refractivity contribution in [2.75, 3.05) is 13.1 Å². The highest BCUT2D eigenvalue weighted by Gasteiger charge is 2.33. The fourth-order valence-corrected chi connectivity index (χ4v) is 5.10. The number of sulfonamides is 1. The van der Waals surface area contributed by atoms with Crippen molar-refractivity contribution >= 4 is 27.3 Å². The van der Waals surface area contributed by atoms with Crippen molar-refractivity contribution in [2.45, 2.75) is 42.7 Å². The molecule has 0 bridgehead atoms. The Morgan fingerprint density at radius 1 is 1.29 bits per heavy atom. The van der Waals surface area contributed by atoms with Gasteiger partial charge in [-0.15, -0.1) is 11.3 Å². The van der Waals surface area contributed by atoms with Crippen LogP contribution in [-0.2, 0) is 10.0 Å². The summed E-state index contributed by atoms with van der Waals surface area (Å²) in [6, 6.07) is 1.88. The number of rotatable bonds is 5. The monoisotopic (exact) mass is 330 g/mol. The van der Waals surface area contributed by atoms with E-state index in [1.165, 1.54) is 24.3 Å². The Hall–Kier alpha value is -0.960. The molecule has 1 saturated carbocycles. The van der Waals surface area contributed by atoms with Crippen molar-refractivity contribution < 1.29 is 18.3 Å². The molecule has 1 aromatic rings. The number of hydrogen-bond donors (Lipinski definition) is 2. The smallest absolute Gasteiger partial charge is 0.345 e. The molecule has 1 aliphatic heterocycles. The van der Waals surface area contributed by atoms with E-state index < -0.39 is 16.0 Å². The molecule has 0 unspecified atom stereocenters. The summed E-state index contributed by atoms with van der Waals surface area (Å²) >= 11 is 0.932. The van der Waals surface area contributed by atoms with Gasteiger partial charge in [0.15, 0.2) is 0 Å². The lowest BCUT2D eigenvalue weighted by atomic mass is 10.1. The zero-order chi connectivity index (χ0) is 15.0. The zero-order valence-corrected chi connectivity index (χ0v) is 13.1. The van der Waals surface area contributed by atoms with Crippen LogP contribution in [0.4, 0.5) is 0 Å². The quantitative estimate of drug-likeness (QED) is 0.851. The third-order valence-corrected chi connectivity index (χ3v) is 6.58. The van der Waals surface area contributed by atoms with Crippen molar-refractivity contribution in [1.29, 1.82) is 0 Å². The van der Waals surface area contributed by atoms with Crippen molar-refractivity contribution in [2.24, 2.45) is 0 Å². The van der Waals surface area contributed by atoms with E-state index in [9.17, 15) is 13.2 Å². The van der Waals surface area contributed by atoms with Gasteiger partial charge >= 0.3 is 5.97 Å². The van der Waals surface area contributed by atoms with E-state index in [1.54, 1.807) is 0 Å². The molecule has 2 heterocycles. The van der Waals surface area contributed by atoms with Gasteiger partial charge < -0.3 is 10.0 Å². The van der Waals surface area contributed by atoms with Crippen molar-refractivity contribution in [3.8, 4) is 0 Å². The molecule has 6 nitrogen and oxygen atoms in total. The second-order valence-electron chi connectivity index (χ2n) is 5.61. The second kappa shape index (κ2) is 5.68. The normalized spacial score (nSPS) is 21.5. The van der Waals surface area contributed by atoms with Crippen LogP contribution in [0.25, 0.3) is 0 Å². The van der Waals surface area contributed by atoms with Crippen LogP contribution in [0.2, 0.25) is 0 Å². The van der Waals surface area contributed by atoms with E-state index in [4.69, 9.17) is 5.11 Å². The first-order valence-electron chi connectivity index (χ1n) is 7.04. The van der Waals surface area contributed by atoms with Gasteiger partial charge in [0, 0.05) is 17.5 Å². The van der Waals surface area contributed by atoms with Crippen LogP contribution in [0, 0.1) is 0 Å². The SMILES string of the molecule is O=C(O)c1cc(S(=O)(=O)NC2CCN(C3CC3)CC2)cs1. The number of nitrogens with one attached hydrogen (secondary N) is 1. The maximum Gasteiger partial charge on any atom is 0.345 e. The average molecular weight is 330 g/mol. The van der Waals surface area contributed by atoms with E-state index in [0.717, 1.165) is 43.3 Å².